The molecule has 1 aromatic rings. The lowest BCUT2D eigenvalue weighted by Crippen LogP contribution is -2.49. The van der Waals surface area contributed by atoms with Crippen LogP contribution in [0.2, 0.25) is 0 Å². The molecule has 2 heteroatoms. The van der Waals surface area contributed by atoms with E-state index in [1.165, 1.54) is 63.4 Å². The predicted molar refractivity (Wildman–Crippen MR) is 136 cm³/mol. The maximum Gasteiger partial charge on any atom is 0.0716 e. The first kappa shape index (κ1) is 23.6. The van der Waals surface area contributed by atoms with Crippen molar-refractivity contribution in [3.8, 4) is 0 Å². The van der Waals surface area contributed by atoms with Crippen LogP contribution in [0.1, 0.15) is 96.5 Å². The van der Waals surface area contributed by atoms with Gasteiger partial charge in [-0.15, -0.1) is 0 Å². The van der Waals surface area contributed by atoms with E-state index < -0.39 is 5.60 Å². The Kier molecular flexibility index (Phi) is 7.06. The van der Waals surface area contributed by atoms with Gasteiger partial charge in [-0.1, -0.05) is 48.9 Å². The molecule has 0 amide bonds. The fourth-order valence-electron chi connectivity index (χ4n) is 8.65. The van der Waals surface area contributed by atoms with Gasteiger partial charge in [0.15, 0.2) is 0 Å². The van der Waals surface area contributed by atoms with Gasteiger partial charge >= 0.3 is 0 Å². The molecular weight excluding hydrogens is 404 g/mol. The van der Waals surface area contributed by atoms with Gasteiger partial charge < -0.3 is 9.84 Å². The highest BCUT2D eigenvalue weighted by atomic mass is 16.5. The van der Waals surface area contributed by atoms with Gasteiger partial charge in [0, 0.05) is 6.61 Å². The van der Waals surface area contributed by atoms with Gasteiger partial charge in [-0.25, -0.2) is 0 Å². The molecule has 7 atom stereocenters. The highest BCUT2D eigenvalue weighted by Crippen LogP contribution is 2.64. The van der Waals surface area contributed by atoms with E-state index in [2.05, 4.69) is 50.3 Å². The van der Waals surface area contributed by atoms with Gasteiger partial charge in [-0.3, -0.25) is 0 Å². The van der Waals surface area contributed by atoms with Crippen molar-refractivity contribution in [3.63, 3.8) is 0 Å². The standard InChI is InChI=1S/C31H46O2/c1-30(32)18-16-26-24(21-30)12-14-28-27(26)17-19-31(2)25(13-15-29(28)31)11-7-4-8-20-33-22-23-9-5-3-6-10-23/h3,5-6,9-11,24,26-29,32H,4,7-8,12-22H2,1-2H3/b25-11+/t24-,26+,27-,28-,29+,30-,31-/m1/s1. The summed E-state index contributed by atoms with van der Waals surface area (Å²) < 4.78 is 5.88. The SMILES string of the molecule is C[C@@]1(O)CC[C@H]2[C@H](CC[C@@H]3[C@@H]2CC[C@]2(C)/C(=C/CCCCOCc4ccccc4)CC[C@@H]32)C1. The van der Waals surface area contributed by atoms with Crippen molar-refractivity contribution in [2.24, 2.45) is 35.0 Å². The summed E-state index contributed by atoms with van der Waals surface area (Å²) in [5.74, 6) is 4.50. The van der Waals surface area contributed by atoms with Crippen LogP contribution in [0.4, 0.5) is 0 Å². The van der Waals surface area contributed by atoms with Crippen LogP contribution in [0, 0.1) is 35.0 Å². The molecule has 0 bridgehead atoms. The summed E-state index contributed by atoms with van der Waals surface area (Å²) in [6.07, 6.45) is 18.0. The Hall–Kier alpha value is -1.12. The van der Waals surface area contributed by atoms with Crippen molar-refractivity contribution in [2.45, 2.75) is 103 Å². The molecule has 0 unspecified atom stereocenters. The van der Waals surface area contributed by atoms with E-state index in [0.717, 1.165) is 62.1 Å². The highest BCUT2D eigenvalue weighted by Gasteiger charge is 2.55. The van der Waals surface area contributed by atoms with E-state index in [4.69, 9.17) is 4.74 Å². The fraction of sp³-hybridized carbons (Fsp3) is 0.742. The quantitative estimate of drug-likeness (QED) is 0.340. The third-order valence-electron chi connectivity index (χ3n) is 10.3. The average molecular weight is 451 g/mol. The Morgan fingerprint density at radius 2 is 1.76 bits per heavy atom. The first-order valence-electron chi connectivity index (χ1n) is 14.0. The van der Waals surface area contributed by atoms with Crippen LogP contribution in [-0.4, -0.2) is 17.3 Å². The lowest BCUT2D eigenvalue weighted by molar-refractivity contribution is -0.0899. The zero-order valence-electron chi connectivity index (χ0n) is 21.1. The van der Waals surface area contributed by atoms with Gasteiger partial charge in [0.1, 0.15) is 0 Å². The van der Waals surface area contributed by atoms with Gasteiger partial charge in [-0.2, -0.15) is 0 Å². The third-order valence-corrected chi connectivity index (χ3v) is 10.3. The monoisotopic (exact) mass is 450 g/mol. The zero-order chi connectivity index (χ0) is 22.9. The summed E-state index contributed by atoms with van der Waals surface area (Å²) >= 11 is 0. The number of aliphatic hydroxyl groups is 1. The number of hydrogen-bond acceptors (Lipinski definition) is 2. The van der Waals surface area contributed by atoms with E-state index in [-0.39, 0.29) is 0 Å². The molecule has 1 N–H and O–H groups in total. The molecule has 4 aliphatic rings. The molecule has 0 spiro atoms. The van der Waals surface area contributed by atoms with Gasteiger partial charge in [0.25, 0.3) is 0 Å². The van der Waals surface area contributed by atoms with Gasteiger partial charge in [0.2, 0.25) is 0 Å². The Balaban J connectivity index is 1.11. The lowest BCUT2D eigenvalue weighted by atomic mass is 9.49. The molecule has 33 heavy (non-hydrogen) atoms. The van der Waals surface area contributed by atoms with Crippen molar-refractivity contribution >= 4 is 0 Å². The topological polar surface area (TPSA) is 29.5 Å². The summed E-state index contributed by atoms with van der Waals surface area (Å²) in [5.41, 5.74) is 3.14. The maximum absolute atomic E-state index is 10.6. The van der Waals surface area contributed by atoms with Gasteiger partial charge in [0.05, 0.1) is 12.2 Å². The number of fused-ring (bicyclic) bond motifs is 5. The lowest BCUT2D eigenvalue weighted by Gasteiger charge is -2.56. The second kappa shape index (κ2) is 9.86. The smallest absolute Gasteiger partial charge is 0.0716 e. The number of rotatable bonds is 7. The zero-order valence-corrected chi connectivity index (χ0v) is 21.1. The summed E-state index contributed by atoms with van der Waals surface area (Å²) in [6.45, 7) is 6.31. The van der Waals surface area contributed by atoms with E-state index >= 15 is 0 Å². The van der Waals surface area contributed by atoms with Crippen LogP contribution in [0.15, 0.2) is 42.0 Å². The second-order valence-corrected chi connectivity index (χ2v) is 12.4. The van der Waals surface area contributed by atoms with Crippen LogP contribution >= 0.6 is 0 Å². The molecule has 5 rings (SSSR count). The Bertz CT molecular complexity index is 811. The van der Waals surface area contributed by atoms with E-state index in [0.29, 0.717) is 5.41 Å². The molecular formula is C31H46O2. The van der Waals surface area contributed by atoms with Crippen molar-refractivity contribution < 1.29 is 9.84 Å². The molecule has 182 valence electrons. The first-order valence-corrected chi connectivity index (χ1v) is 14.0. The third kappa shape index (κ3) is 4.98. The summed E-state index contributed by atoms with van der Waals surface area (Å²) in [5, 5.41) is 10.6. The average Bonchev–Trinajstić information content (AvgIpc) is 3.14. The fourth-order valence-corrected chi connectivity index (χ4v) is 8.65. The Labute approximate surface area is 202 Å². The van der Waals surface area contributed by atoms with E-state index in [1.54, 1.807) is 5.57 Å². The minimum Gasteiger partial charge on any atom is -0.390 e. The van der Waals surface area contributed by atoms with Crippen LogP contribution in [-0.2, 0) is 11.3 Å². The summed E-state index contributed by atoms with van der Waals surface area (Å²) in [7, 11) is 0. The molecule has 0 aliphatic heterocycles. The van der Waals surface area contributed by atoms with Gasteiger partial charge in [-0.05, 0) is 125 Å². The maximum atomic E-state index is 10.6. The van der Waals surface area contributed by atoms with Crippen LogP contribution in [0.3, 0.4) is 0 Å². The molecule has 4 fully saturated rings. The molecule has 0 aromatic heterocycles. The number of allylic oxidation sites excluding steroid dienone is 2. The minimum absolute atomic E-state index is 0.396. The largest absolute Gasteiger partial charge is 0.390 e. The first-order chi connectivity index (χ1) is 16.0. The van der Waals surface area contributed by atoms with Crippen molar-refractivity contribution in [2.75, 3.05) is 6.61 Å². The normalized spacial score (nSPS) is 41.4. The minimum atomic E-state index is -0.396. The van der Waals surface area contributed by atoms with Crippen LogP contribution in [0.5, 0.6) is 0 Å². The van der Waals surface area contributed by atoms with Crippen molar-refractivity contribution in [1.29, 1.82) is 0 Å². The van der Waals surface area contributed by atoms with E-state index in [9.17, 15) is 5.11 Å². The Morgan fingerprint density at radius 3 is 2.61 bits per heavy atom. The molecule has 0 saturated heterocycles. The summed E-state index contributed by atoms with van der Waals surface area (Å²) in [6, 6.07) is 10.5. The Morgan fingerprint density at radius 1 is 0.939 bits per heavy atom. The highest BCUT2D eigenvalue weighted by molar-refractivity contribution is 5.23. The van der Waals surface area contributed by atoms with Crippen LogP contribution < -0.4 is 0 Å². The number of benzene rings is 1. The molecule has 4 saturated carbocycles. The predicted octanol–water partition coefficient (Wildman–Crippen LogP) is 7.70. The number of hydrogen-bond donors (Lipinski definition) is 1. The molecule has 0 radical (unpaired) electrons. The molecule has 1 aromatic carbocycles. The van der Waals surface area contributed by atoms with E-state index in [1.807, 2.05) is 0 Å². The number of unbranched alkanes of at least 4 members (excludes halogenated alkanes) is 2. The van der Waals surface area contributed by atoms with Crippen molar-refractivity contribution in [3.05, 3.63) is 47.5 Å². The van der Waals surface area contributed by atoms with Crippen molar-refractivity contribution in [1.82, 2.24) is 0 Å². The second-order valence-electron chi connectivity index (χ2n) is 12.4. The number of ether oxygens (including phenoxy) is 1. The molecule has 0 heterocycles. The molecule has 4 aliphatic carbocycles. The summed E-state index contributed by atoms with van der Waals surface area (Å²) in [4.78, 5) is 0. The van der Waals surface area contributed by atoms with Crippen LogP contribution in [0.25, 0.3) is 0 Å². The molecule has 2 nitrogen and oxygen atoms in total.